The van der Waals surface area contributed by atoms with Gasteiger partial charge in [0, 0.05) is 36.7 Å². The predicted octanol–water partition coefficient (Wildman–Crippen LogP) is 5.77. The zero-order chi connectivity index (χ0) is 21.4. The van der Waals surface area contributed by atoms with Crippen LogP contribution in [-0.2, 0) is 16.6 Å². The molecule has 3 aromatic carbocycles. The molecule has 1 aliphatic rings. The smallest absolute Gasteiger partial charge is 0.243 e. The molecular formula is C26H28N2O2S. The Kier molecular flexibility index (Phi) is 5.32. The van der Waals surface area contributed by atoms with E-state index >= 15 is 0 Å². The molecule has 1 saturated heterocycles. The number of para-hydroxylation sites is 1. The minimum absolute atomic E-state index is 0.393. The van der Waals surface area contributed by atoms with Crippen LogP contribution in [0.3, 0.4) is 0 Å². The summed E-state index contributed by atoms with van der Waals surface area (Å²) in [4.78, 5) is 0.393. The first kappa shape index (κ1) is 20.3. The normalized spacial score (nSPS) is 16.3. The Morgan fingerprint density at radius 1 is 0.903 bits per heavy atom. The minimum Gasteiger partial charge on any atom is -0.347 e. The number of benzene rings is 3. The summed E-state index contributed by atoms with van der Waals surface area (Å²) in [7, 11) is -3.48. The molecule has 0 unspecified atom stereocenters. The fourth-order valence-corrected chi connectivity index (χ4v) is 6.42. The largest absolute Gasteiger partial charge is 0.347 e. The second-order valence-corrected chi connectivity index (χ2v) is 10.4. The van der Waals surface area contributed by atoms with Gasteiger partial charge in [-0.05, 0) is 59.7 Å². The molecule has 5 rings (SSSR count). The summed E-state index contributed by atoms with van der Waals surface area (Å²) in [5.74, 6) is 0.394. The molecule has 4 nitrogen and oxygen atoms in total. The molecule has 5 heteroatoms. The van der Waals surface area contributed by atoms with E-state index in [4.69, 9.17) is 0 Å². The maximum atomic E-state index is 13.3. The van der Waals surface area contributed by atoms with Crippen LogP contribution in [0, 0.1) is 0 Å². The van der Waals surface area contributed by atoms with Gasteiger partial charge in [0.25, 0.3) is 0 Å². The first-order valence-corrected chi connectivity index (χ1v) is 12.6. The van der Waals surface area contributed by atoms with Crippen molar-refractivity contribution in [1.29, 1.82) is 0 Å². The van der Waals surface area contributed by atoms with Crippen LogP contribution in [0.1, 0.15) is 37.7 Å². The molecule has 0 N–H and O–H groups in total. The second-order valence-electron chi connectivity index (χ2n) is 8.48. The molecule has 4 aromatic rings. The van der Waals surface area contributed by atoms with E-state index in [1.54, 1.807) is 16.4 Å². The van der Waals surface area contributed by atoms with Gasteiger partial charge < -0.3 is 4.57 Å². The molecule has 0 spiro atoms. The fourth-order valence-electron chi connectivity index (χ4n) is 4.91. The topological polar surface area (TPSA) is 42.3 Å². The van der Waals surface area contributed by atoms with Crippen molar-refractivity contribution >= 4 is 31.7 Å². The van der Waals surface area contributed by atoms with E-state index < -0.39 is 10.0 Å². The number of sulfonamides is 1. The third-order valence-corrected chi connectivity index (χ3v) is 8.43. The summed E-state index contributed by atoms with van der Waals surface area (Å²) < 4.78 is 30.6. The summed E-state index contributed by atoms with van der Waals surface area (Å²) in [5.41, 5.74) is 2.65. The van der Waals surface area contributed by atoms with Crippen molar-refractivity contribution in [3.8, 4) is 0 Å². The summed E-state index contributed by atoms with van der Waals surface area (Å²) in [6, 6.07) is 21.9. The lowest BCUT2D eigenvalue weighted by atomic mass is 9.90. The van der Waals surface area contributed by atoms with E-state index in [0.29, 0.717) is 23.9 Å². The van der Waals surface area contributed by atoms with Gasteiger partial charge in [-0.25, -0.2) is 8.42 Å². The van der Waals surface area contributed by atoms with Crippen LogP contribution >= 0.6 is 0 Å². The van der Waals surface area contributed by atoms with E-state index in [-0.39, 0.29) is 0 Å². The van der Waals surface area contributed by atoms with Crippen molar-refractivity contribution in [2.24, 2.45) is 0 Å². The number of hydrogen-bond acceptors (Lipinski definition) is 2. The van der Waals surface area contributed by atoms with Gasteiger partial charge in [-0.3, -0.25) is 0 Å². The monoisotopic (exact) mass is 432 g/mol. The van der Waals surface area contributed by atoms with Crippen LogP contribution in [0.2, 0.25) is 0 Å². The molecular weight excluding hydrogens is 404 g/mol. The van der Waals surface area contributed by atoms with Gasteiger partial charge >= 0.3 is 0 Å². The first-order valence-electron chi connectivity index (χ1n) is 11.1. The second kappa shape index (κ2) is 8.13. The average molecular weight is 433 g/mol. The fraction of sp³-hybridized carbons (Fsp3) is 0.308. The van der Waals surface area contributed by atoms with Crippen molar-refractivity contribution in [2.75, 3.05) is 13.1 Å². The summed E-state index contributed by atoms with van der Waals surface area (Å²) in [6.07, 6.45) is 5.10. The van der Waals surface area contributed by atoms with Gasteiger partial charge in [-0.2, -0.15) is 4.31 Å². The Morgan fingerprint density at radius 3 is 2.39 bits per heavy atom. The predicted molar refractivity (Wildman–Crippen MR) is 127 cm³/mol. The molecule has 0 atom stereocenters. The molecule has 0 radical (unpaired) electrons. The van der Waals surface area contributed by atoms with Crippen LogP contribution in [0.25, 0.3) is 21.7 Å². The van der Waals surface area contributed by atoms with E-state index in [2.05, 4.69) is 42.0 Å². The van der Waals surface area contributed by atoms with E-state index in [1.807, 2.05) is 30.3 Å². The van der Waals surface area contributed by atoms with Gasteiger partial charge in [0.2, 0.25) is 10.0 Å². The van der Waals surface area contributed by atoms with Crippen molar-refractivity contribution in [3.05, 3.63) is 78.5 Å². The highest BCUT2D eigenvalue weighted by Crippen LogP contribution is 2.36. The third kappa shape index (κ3) is 3.66. The highest BCUT2D eigenvalue weighted by molar-refractivity contribution is 7.89. The summed E-state index contributed by atoms with van der Waals surface area (Å²) >= 11 is 0. The van der Waals surface area contributed by atoms with Crippen LogP contribution in [0.4, 0.5) is 0 Å². The third-order valence-electron chi connectivity index (χ3n) is 6.54. The lowest BCUT2D eigenvalue weighted by Gasteiger charge is -2.31. The highest BCUT2D eigenvalue weighted by atomic mass is 32.2. The molecule has 160 valence electrons. The molecule has 2 heterocycles. The maximum absolute atomic E-state index is 13.3. The number of aromatic nitrogens is 1. The lowest BCUT2D eigenvalue weighted by Crippen LogP contribution is -2.37. The standard InChI is InChI=1S/C26H28N2O2S/c1-2-15-27-19-25(24-9-5-6-10-26(24)27)21-13-16-28(17-14-21)31(29,30)23-12-11-20-7-3-4-8-22(20)18-23/h3-12,18-19,21H,2,13-17H2,1H3. The Morgan fingerprint density at radius 2 is 1.61 bits per heavy atom. The average Bonchev–Trinajstić information content (AvgIpc) is 3.18. The number of nitrogens with zero attached hydrogens (tertiary/aromatic N) is 2. The number of fused-ring (bicyclic) bond motifs is 2. The van der Waals surface area contributed by atoms with Crippen molar-refractivity contribution in [3.63, 3.8) is 0 Å². The molecule has 1 aliphatic heterocycles. The van der Waals surface area contributed by atoms with Gasteiger partial charge in [-0.15, -0.1) is 0 Å². The van der Waals surface area contributed by atoms with Gasteiger partial charge in [0.15, 0.2) is 0 Å². The Hall–Kier alpha value is -2.63. The molecule has 0 bridgehead atoms. The Bertz CT molecular complexity index is 1330. The lowest BCUT2D eigenvalue weighted by molar-refractivity contribution is 0.320. The summed E-state index contributed by atoms with van der Waals surface area (Å²) in [6.45, 7) is 4.33. The van der Waals surface area contributed by atoms with Crippen LogP contribution < -0.4 is 0 Å². The van der Waals surface area contributed by atoms with E-state index in [9.17, 15) is 8.42 Å². The first-order chi connectivity index (χ1) is 15.1. The van der Waals surface area contributed by atoms with Crippen LogP contribution in [0.5, 0.6) is 0 Å². The van der Waals surface area contributed by atoms with Gasteiger partial charge in [-0.1, -0.05) is 55.5 Å². The summed E-state index contributed by atoms with van der Waals surface area (Å²) in [5, 5.41) is 3.33. The van der Waals surface area contributed by atoms with E-state index in [0.717, 1.165) is 36.6 Å². The van der Waals surface area contributed by atoms with Crippen LogP contribution in [-0.4, -0.2) is 30.4 Å². The molecule has 1 fully saturated rings. The zero-order valence-electron chi connectivity index (χ0n) is 17.9. The SMILES string of the molecule is CCCn1cc(C2CCN(S(=O)(=O)c3ccc4ccccc4c3)CC2)c2ccccc21. The Balaban J connectivity index is 1.38. The highest BCUT2D eigenvalue weighted by Gasteiger charge is 2.31. The molecule has 0 amide bonds. The van der Waals surface area contributed by atoms with E-state index in [1.165, 1.54) is 16.5 Å². The quantitative estimate of drug-likeness (QED) is 0.402. The number of aryl methyl sites for hydroxylation is 1. The van der Waals surface area contributed by atoms with Crippen molar-refractivity contribution in [1.82, 2.24) is 8.87 Å². The maximum Gasteiger partial charge on any atom is 0.243 e. The minimum atomic E-state index is -3.48. The molecule has 0 saturated carbocycles. The van der Waals surface area contributed by atoms with Crippen LogP contribution in [0.15, 0.2) is 77.8 Å². The number of piperidine rings is 1. The van der Waals surface area contributed by atoms with Gasteiger partial charge in [0.05, 0.1) is 4.90 Å². The molecule has 1 aromatic heterocycles. The number of hydrogen-bond donors (Lipinski definition) is 0. The van der Waals surface area contributed by atoms with Crippen molar-refractivity contribution < 1.29 is 8.42 Å². The van der Waals surface area contributed by atoms with Gasteiger partial charge in [0.1, 0.15) is 0 Å². The number of rotatable bonds is 5. The Labute approximate surface area is 184 Å². The molecule has 31 heavy (non-hydrogen) atoms. The van der Waals surface area contributed by atoms with Crippen molar-refractivity contribution in [2.45, 2.75) is 43.5 Å². The zero-order valence-corrected chi connectivity index (χ0v) is 18.7. The molecule has 0 aliphatic carbocycles.